The molecule has 0 bridgehead atoms. The van der Waals surface area contributed by atoms with Crippen LogP contribution in [0.3, 0.4) is 0 Å². The Morgan fingerprint density at radius 3 is 2.86 bits per heavy atom. The number of hydrogen-bond acceptors (Lipinski definition) is 4. The molecule has 0 unspecified atom stereocenters. The van der Waals surface area contributed by atoms with Crippen LogP contribution in [-0.2, 0) is 0 Å². The van der Waals surface area contributed by atoms with E-state index in [1.54, 1.807) is 12.3 Å². The molecule has 148 valence electrons. The third-order valence-electron chi connectivity index (χ3n) is 5.14. The molecular weight excluding hydrogens is 382 g/mol. The number of aromatic nitrogens is 2. The van der Waals surface area contributed by atoms with Crippen molar-refractivity contribution in [3.63, 3.8) is 0 Å². The number of hydrogen-bond donors (Lipinski definition) is 2. The van der Waals surface area contributed by atoms with Crippen molar-refractivity contribution in [2.24, 2.45) is 10.7 Å². The number of pyridine rings is 1. The molecule has 6 heteroatoms. The Morgan fingerprint density at radius 2 is 2.07 bits per heavy atom. The van der Waals surface area contributed by atoms with Crippen LogP contribution >= 0.6 is 11.6 Å². The first-order valence-electron chi connectivity index (χ1n) is 9.81. The smallest absolute Gasteiger partial charge is 0.118 e. The number of halogens is 1. The first-order valence-corrected chi connectivity index (χ1v) is 10.2. The monoisotopic (exact) mass is 405 g/mol. The third kappa shape index (κ3) is 4.35. The molecule has 0 saturated heterocycles. The van der Waals surface area contributed by atoms with Gasteiger partial charge >= 0.3 is 0 Å². The van der Waals surface area contributed by atoms with E-state index in [2.05, 4.69) is 16.9 Å². The van der Waals surface area contributed by atoms with Gasteiger partial charge in [-0.25, -0.2) is 9.51 Å². The van der Waals surface area contributed by atoms with Crippen molar-refractivity contribution in [2.45, 2.75) is 31.7 Å². The molecule has 4 rings (SSSR count). The summed E-state index contributed by atoms with van der Waals surface area (Å²) in [5.41, 5.74) is 10.5. The highest BCUT2D eigenvalue weighted by Crippen LogP contribution is 2.31. The van der Waals surface area contributed by atoms with E-state index in [0.717, 1.165) is 22.3 Å². The lowest BCUT2D eigenvalue weighted by molar-refractivity contribution is 0.583. The summed E-state index contributed by atoms with van der Waals surface area (Å²) in [5, 5.41) is 8.74. The molecule has 0 radical (unpaired) electrons. The van der Waals surface area contributed by atoms with Crippen molar-refractivity contribution in [2.75, 3.05) is 0 Å². The van der Waals surface area contributed by atoms with Gasteiger partial charge < -0.3 is 11.1 Å². The minimum absolute atomic E-state index is 0.482. The number of benzene rings is 1. The fraction of sp³-hybridized carbons (Fsp3) is 0.217. The van der Waals surface area contributed by atoms with E-state index in [-0.39, 0.29) is 0 Å². The molecule has 3 N–H and O–H groups in total. The van der Waals surface area contributed by atoms with Crippen molar-refractivity contribution < 1.29 is 0 Å². The maximum atomic E-state index is 6.47. The van der Waals surface area contributed by atoms with Gasteiger partial charge in [0.15, 0.2) is 0 Å². The molecule has 0 aliphatic heterocycles. The SMILES string of the molecule is C=C(/N=C\C=C(/N)c1c(-c2cccc(Cl)c2)nn2ccccc12)NC1CCCC1. The number of allylic oxidation sites excluding steroid dienone is 1. The Morgan fingerprint density at radius 1 is 1.24 bits per heavy atom. The Labute approximate surface area is 175 Å². The number of nitrogens with one attached hydrogen (secondary N) is 1. The first-order chi connectivity index (χ1) is 14.1. The van der Waals surface area contributed by atoms with Gasteiger partial charge in [0.05, 0.1) is 11.1 Å². The number of rotatable bonds is 6. The van der Waals surface area contributed by atoms with Crippen LogP contribution in [0.1, 0.15) is 31.2 Å². The summed E-state index contributed by atoms with van der Waals surface area (Å²) in [4.78, 5) is 4.40. The normalized spacial score (nSPS) is 15.4. The predicted molar refractivity (Wildman–Crippen MR) is 121 cm³/mol. The summed E-state index contributed by atoms with van der Waals surface area (Å²) < 4.78 is 1.82. The standard InChI is InChI=1S/C23H24ClN5/c1-16(27-19-9-2-3-10-19)26-13-12-20(25)22-21-11-4-5-14-29(21)28-23(22)17-7-6-8-18(24)15-17/h4-8,11-15,19,27H,1-3,9-10,25H2/b20-12-,26-13-. The van der Waals surface area contributed by atoms with Gasteiger partial charge in [-0.15, -0.1) is 0 Å². The van der Waals surface area contributed by atoms with Crippen LogP contribution in [0, 0.1) is 0 Å². The summed E-state index contributed by atoms with van der Waals surface area (Å²) in [7, 11) is 0. The van der Waals surface area contributed by atoms with E-state index < -0.39 is 0 Å². The molecule has 1 fully saturated rings. The molecule has 29 heavy (non-hydrogen) atoms. The van der Waals surface area contributed by atoms with Crippen molar-refractivity contribution in [1.29, 1.82) is 0 Å². The number of aliphatic imine (C=N–C) groups is 1. The molecule has 1 saturated carbocycles. The molecule has 0 spiro atoms. The molecule has 1 aliphatic carbocycles. The lowest BCUT2D eigenvalue weighted by atomic mass is 10.0. The predicted octanol–water partition coefficient (Wildman–Crippen LogP) is 5.03. The van der Waals surface area contributed by atoms with Gasteiger partial charge in [0, 0.05) is 34.7 Å². The Bertz CT molecular complexity index is 1090. The first kappa shape index (κ1) is 19.3. The maximum absolute atomic E-state index is 6.47. The van der Waals surface area contributed by atoms with Crippen LogP contribution in [0.15, 0.2) is 72.1 Å². The van der Waals surface area contributed by atoms with Gasteiger partial charge in [-0.2, -0.15) is 5.10 Å². The molecule has 1 aliphatic rings. The van der Waals surface area contributed by atoms with Gasteiger partial charge in [0.2, 0.25) is 0 Å². The van der Waals surface area contributed by atoms with Crippen LogP contribution < -0.4 is 11.1 Å². The molecule has 2 aromatic heterocycles. The summed E-state index contributed by atoms with van der Waals surface area (Å²) >= 11 is 6.20. The summed E-state index contributed by atoms with van der Waals surface area (Å²) in [5.74, 6) is 0.663. The summed E-state index contributed by atoms with van der Waals surface area (Å²) in [6.07, 6.45) is 10.3. The highest BCUT2D eigenvalue weighted by molar-refractivity contribution is 6.30. The fourth-order valence-corrected chi connectivity index (χ4v) is 3.95. The van der Waals surface area contributed by atoms with Crippen molar-refractivity contribution in [3.8, 4) is 11.3 Å². The largest absolute Gasteiger partial charge is 0.398 e. The van der Waals surface area contributed by atoms with Gasteiger partial charge in [-0.3, -0.25) is 0 Å². The molecule has 1 aromatic carbocycles. The van der Waals surface area contributed by atoms with Crippen LogP contribution in [0.2, 0.25) is 5.02 Å². The van der Waals surface area contributed by atoms with E-state index in [1.165, 1.54) is 25.7 Å². The Balaban J connectivity index is 1.64. The van der Waals surface area contributed by atoms with E-state index >= 15 is 0 Å². The maximum Gasteiger partial charge on any atom is 0.118 e. The van der Waals surface area contributed by atoms with E-state index in [9.17, 15) is 0 Å². The number of fused-ring (bicyclic) bond motifs is 1. The average Bonchev–Trinajstić information content (AvgIpc) is 3.35. The zero-order valence-corrected chi connectivity index (χ0v) is 16.9. The molecule has 0 atom stereocenters. The van der Waals surface area contributed by atoms with Gasteiger partial charge in [-0.05, 0) is 43.2 Å². The lowest BCUT2D eigenvalue weighted by Gasteiger charge is -2.11. The van der Waals surface area contributed by atoms with E-state index in [0.29, 0.717) is 22.6 Å². The van der Waals surface area contributed by atoms with Crippen molar-refractivity contribution in [3.05, 3.63) is 77.7 Å². The topological polar surface area (TPSA) is 67.7 Å². The minimum Gasteiger partial charge on any atom is -0.398 e. The molecular formula is C23H24ClN5. The second-order valence-corrected chi connectivity index (χ2v) is 7.67. The highest BCUT2D eigenvalue weighted by atomic mass is 35.5. The van der Waals surface area contributed by atoms with Gasteiger partial charge in [0.25, 0.3) is 0 Å². The quantitative estimate of drug-likeness (QED) is 0.565. The van der Waals surface area contributed by atoms with Gasteiger partial charge in [0.1, 0.15) is 11.5 Å². The highest BCUT2D eigenvalue weighted by Gasteiger charge is 2.17. The number of nitrogens with zero attached hydrogens (tertiary/aromatic N) is 3. The fourth-order valence-electron chi connectivity index (χ4n) is 3.76. The summed E-state index contributed by atoms with van der Waals surface area (Å²) in [6, 6.07) is 14.0. The third-order valence-corrected chi connectivity index (χ3v) is 5.37. The lowest BCUT2D eigenvalue weighted by Crippen LogP contribution is -2.23. The molecule has 3 aromatic rings. The van der Waals surface area contributed by atoms with Crippen molar-refractivity contribution in [1.82, 2.24) is 14.9 Å². The minimum atomic E-state index is 0.482. The second-order valence-electron chi connectivity index (χ2n) is 7.24. The van der Waals surface area contributed by atoms with Crippen LogP contribution in [0.25, 0.3) is 22.5 Å². The van der Waals surface area contributed by atoms with Crippen LogP contribution in [-0.4, -0.2) is 21.9 Å². The van der Waals surface area contributed by atoms with Crippen molar-refractivity contribution >= 4 is 29.0 Å². The average molecular weight is 406 g/mol. The molecule has 5 nitrogen and oxygen atoms in total. The second kappa shape index (κ2) is 8.53. The molecule has 2 heterocycles. The zero-order valence-electron chi connectivity index (χ0n) is 16.2. The van der Waals surface area contributed by atoms with E-state index in [1.807, 2.05) is 53.2 Å². The zero-order chi connectivity index (χ0) is 20.2. The van der Waals surface area contributed by atoms with E-state index in [4.69, 9.17) is 22.4 Å². The van der Waals surface area contributed by atoms with Gasteiger partial charge in [-0.1, -0.05) is 49.2 Å². The Kier molecular flexibility index (Phi) is 5.67. The van der Waals surface area contributed by atoms with Crippen LogP contribution in [0.5, 0.6) is 0 Å². The number of nitrogens with two attached hydrogens (primary N) is 1. The molecule has 0 amide bonds. The Hall–Kier alpha value is -3.05. The summed E-state index contributed by atoms with van der Waals surface area (Å²) in [6.45, 7) is 3.99. The van der Waals surface area contributed by atoms with Crippen LogP contribution in [0.4, 0.5) is 0 Å².